The summed E-state index contributed by atoms with van der Waals surface area (Å²) in [7, 11) is 0. The Morgan fingerprint density at radius 2 is 1.96 bits per heavy atom. The number of aromatic nitrogens is 1. The molecule has 1 aromatic heterocycles. The molecule has 0 atom stereocenters. The third-order valence-electron chi connectivity index (χ3n) is 3.41. The number of thioether (sulfide) groups is 1. The highest BCUT2D eigenvalue weighted by atomic mass is 32.2. The maximum absolute atomic E-state index is 11.0. The number of ether oxygens (including phenoxy) is 1. The molecule has 3 rings (SSSR count). The van der Waals surface area contributed by atoms with Crippen molar-refractivity contribution in [1.82, 2.24) is 4.98 Å². The smallest absolute Gasteiger partial charge is 0.313 e. The number of para-hydroxylation sites is 1. The van der Waals surface area contributed by atoms with Gasteiger partial charge in [-0.3, -0.25) is 4.79 Å². The second-order valence-electron chi connectivity index (χ2n) is 5.91. The SMILES string of the molecule is CC(C)Oc1ccc(/C=C(\SCC(=O)O)c2nc3ccccc3s2)cc1. The van der Waals surface area contributed by atoms with Gasteiger partial charge >= 0.3 is 5.97 Å². The quantitative estimate of drug-likeness (QED) is 0.590. The van der Waals surface area contributed by atoms with Gasteiger partial charge in [0.2, 0.25) is 0 Å². The molecular weight excluding hydrogens is 366 g/mol. The monoisotopic (exact) mass is 385 g/mol. The number of hydrogen-bond donors (Lipinski definition) is 1. The molecule has 3 aromatic rings. The Bertz CT molecular complexity index is 897. The zero-order valence-electron chi connectivity index (χ0n) is 14.5. The van der Waals surface area contributed by atoms with Gasteiger partial charge in [0, 0.05) is 4.91 Å². The van der Waals surface area contributed by atoms with Crippen LogP contribution in [0.25, 0.3) is 21.2 Å². The molecule has 1 N–H and O–H groups in total. The van der Waals surface area contributed by atoms with E-state index in [0.717, 1.165) is 31.4 Å². The van der Waals surface area contributed by atoms with Crippen LogP contribution in [0.1, 0.15) is 24.4 Å². The highest BCUT2D eigenvalue weighted by Crippen LogP contribution is 2.35. The predicted molar refractivity (Wildman–Crippen MR) is 110 cm³/mol. The van der Waals surface area contributed by atoms with E-state index in [1.165, 1.54) is 11.8 Å². The summed E-state index contributed by atoms with van der Waals surface area (Å²) in [6, 6.07) is 15.7. The molecule has 0 spiro atoms. The zero-order valence-corrected chi connectivity index (χ0v) is 16.1. The Balaban J connectivity index is 1.92. The molecule has 0 fully saturated rings. The fourth-order valence-corrected chi connectivity index (χ4v) is 4.19. The van der Waals surface area contributed by atoms with Crippen LogP contribution in [-0.4, -0.2) is 27.9 Å². The van der Waals surface area contributed by atoms with Crippen LogP contribution in [0.2, 0.25) is 0 Å². The maximum atomic E-state index is 11.0. The molecule has 26 heavy (non-hydrogen) atoms. The molecule has 0 aliphatic heterocycles. The summed E-state index contributed by atoms with van der Waals surface area (Å²) in [5.74, 6) is -0.0318. The van der Waals surface area contributed by atoms with Crippen LogP contribution in [0.4, 0.5) is 0 Å². The summed E-state index contributed by atoms with van der Waals surface area (Å²) in [4.78, 5) is 16.5. The molecule has 0 bridgehead atoms. The van der Waals surface area contributed by atoms with Gasteiger partial charge in [0.15, 0.2) is 0 Å². The van der Waals surface area contributed by atoms with Crippen molar-refractivity contribution in [1.29, 1.82) is 0 Å². The number of benzene rings is 2. The van der Waals surface area contributed by atoms with E-state index in [-0.39, 0.29) is 11.9 Å². The number of carboxylic acids is 1. The van der Waals surface area contributed by atoms with Crippen LogP contribution in [0, 0.1) is 0 Å². The molecule has 1 heterocycles. The van der Waals surface area contributed by atoms with Crippen molar-refractivity contribution >= 4 is 50.3 Å². The summed E-state index contributed by atoms with van der Waals surface area (Å²) >= 11 is 2.86. The van der Waals surface area contributed by atoms with Crippen LogP contribution in [0.15, 0.2) is 48.5 Å². The van der Waals surface area contributed by atoms with Gasteiger partial charge in [-0.2, -0.15) is 0 Å². The van der Waals surface area contributed by atoms with E-state index >= 15 is 0 Å². The molecule has 134 valence electrons. The van der Waals surface area contributed by atoms with Crippen molar-refractivity contribution in [2.45, 2.75) is 20.0 Å². The number of nitrogens with zero attached hydrogens (tertiary/aromatic N) is 1. The second-order valence-corrected chi connectivity index (χ2v) is 7.96. The van der Waals surface area contributed by atoms with Crippen molar-refractivity contribution in [2.24, 2.45) is 0 Å². The van der Waals surface area contributed by atoms with Gasteiger partial charge in [-0.15, -0.1) is 23.1 Å². The van der Waals surface area contributed by atoms with Crippen molar-refractivity contribution in [2.75, 3.05) is 5.75 Å². The lowest BCUT2D eigenvalue weighted by atomic mass is 10.2. The lowest BCUT2D eigenvalue weighted by molar-refractivity contribution is -0.133. The van der Waals surface area contributed by atoms with Crippen LogP contribution in [0.3, 0.4) is 0 Å². The van der Waals surface area contributed by atoms with Gasteiger partial charge in [-0.1, -0.05) is 24.3 Å². The third-order valence-corrected chi connectivity index (χ3v) is 5.62. The van der Waals surface area contributed by atoms with E-state index in [1.54, 1.807) is 11.3 Å². The highest BCUT2D eigenvalue weighted by molar-refractivity contribution is 8.09. The van der Waals surface area contributed by atoms with Gasteiger partial charge in [0.05, 0.1) is 22.1 Å². The lowest BCUT2D eigenvalue weighted by Gasteiger charge is -2.09. The summed E-state index contributed by atoms with van der Waals surface area (Å²) in [5, 5.41) is 9.89. The van der Waals surface area contributed by atoms with Crippen molar-refractivity contribution in [3.05, 3.63) is 59.1 Å². The maximum Gasteiger partial charge on any atom is 0.313 e. The topological polar surface area (TPSA) is 59.4 Å². The van der Waals surface area contributed by atoms with Crippen molar-refractivity contribution < 1.29 is 14.6 Å². The molecule has 0 unspecified atom stereocenters. The fraction of sp³-hybridized carbons (Fsp3) is 0.200. The molecule has 6 heteroatoms. The van der Waals surface area contributed by atoms with E-state index in [9.17, 15) is 4.79 Å². The van der Waals surface area contributed by atoms with Gasteiger partial charge in [0.25, 0.3) is 0 Å². The molecule has 0 aliphatic carbocycles. The summed E-state index contributed by atoms with van der Waals surface area (Å²) in [6.45, 7) is 3.98. The largest absolute Gasteiger partial charge is 0.491 e. The molecule has 0 aliphatic rings. The summed E-state index contributed by atoms with van der Waals surface area (Å²) in [6.07, 6.45) is 2.10. The first-order chi connectivity index (χ1) is 12.5. The minimum Gasteiger partial charge on any atom is -0.491 e. The molecule has 0 saturated carbocycles. The number of carboxylic acid groups (broad SMARTS) is 1. The minimum atomic E-state index is -0.845. The summed E-state index contributed by atoms with van der Waals surface area (Å²) in [5.41, 5.74) is 1.91. The molecule has 2 aromatic carbocycles. The van der Waals surface area contributed by atoms with Crippen LogP contribution < -0.4 is 4.74 Å². The van der Waals surface area contributed by atoms with Crippen LogP contribution >= 0.6 is 23.1 Å². The standard InChI is InChI=1S/C20H19NO3S2/c1-13(2)24-15-9-7-14(8-10-15)11-18(25-12-19(22)23)20-21-16-5-3-4-6-17(16)26-20/h3-11,13H,12H2,1-2H3,(H,22,23)/b18-11-. The zero-order chi connectivity index (χ0) is 18.5. The number of fused-ring (bicyclic) bond motifs is 1. The Morgan fingerprint density at radius 1 is 1.23 bits per heavy atom. The summed E-state index contributed by atoms with van der Waals surface area (Å²) < 4.78 is 6.75. The van der Waals surface area contributed by atoms with Gasteiger partial charge in [-0.25, -0.2) is 4.98 Å². The van der Waals surface area contributed by atoms with Crippen LogP contribution in [0.5, 0.6) is 5.75 Å². The van der Waals surface area contributed by atoms with Gasteiger partial charge < -0.3 is 9.84 Å². The number of rotatable bonds is 7. The number of aliphatic carboxylic acids is 1. The van der Waals surface area contributed by atoms with Crippen LogP contribution in [-0.2, 0) is 4.79 Å². The predicted octanol–water partition coefficient (Wildman–Crippen LogP) is 5.40. The first-order valence-corrected chi connectivity index (χ1v) is 10.0. The first kappa shape index (κ1) is 18.5. The third kappa shape index (κ3) is 4.86. The van der Waals surface area contributed by atoms with E-state index in [4.69, 9.17) is 9.84 Å². The number of hydrogen-bond acceptors (Lipinski definition) is 5. The Labute approximate surface area is 160 Å². The Kier molecular flexibility index (Phi) is 5.96. The Morgan fingerprint density at radius 3 is 2.62 bits per heavy atom. The average molecular weight is 386 g/mol. The molecular formula is C20H19NO3S2. The number of thiazole rings is 1. The van der Waals surface area contributed by atoms with Crippen molar-refractivity contribution in [3.8, 4) is 5.75 Å². The van der Waals surface area contributed by atoms with E-state index < -0.39 is 5.97 Å². The lowest BCUT2D eigenvalue weighted by Crippen LogP contribution is -2.05. The fourth-order valence-electron chi connectivity index (χ4n) is 2.35. The average Bonchev–Trinajstić information content (AvgIpc) is 3.03. The normalized spacial score (nSPS) is 11.9. The molecule has 0 radical (unpaired) electrons. The highest BCUT2D eigenvalue weighted by Gasteiger charge is 2.12. The molecule has 0 amide bonds. The van der Waals surface area contributed by atoms with E-state index in [1.807, 2.05) is 68.5 Å². The second kappa shape index (κ2) is 8.38. The molecule has 0 saturated heterocycles. The molecule has 4 nitrogen and oxygen atoms in total. The van der Waals surface area contributed by atoms with Crippen molar-refractivity contribution in [3.63, 3.8) is 0 Å². The van der Waals surface area contributed by atoms with E-state index in [2.05, 4.69) is 4.98 Å². The van der Waals surface area contributed by atoms with Gasteiger partial charge in [-0.05, 0) is 49.8 Å². The first-order valence-electron chi connectivity index (χ1n) is 8.20. The van der Waals surface area contributed by atoms with Gasteiger partial charge in [0.1, 0.15) is 10.8 Å². The van der Waals surface area contributed by atoms with E-state index in [0.29, 0.717) is 0 Å². The number of carbonyl (C=O) groups is 1. The minimum absolute atomic E-state index is 0.00367. The Hall–Kier alpha value is -2.31.